The normalized spacial score (nSPS) is 11.5. The molecule has 2 heterocycles. The van der Waals surface area contributed by atoms with Crippen LogP contribution in [0.2, 0.25) is 0 Å². The van der Waals surface area contributed by atoms with Gasteiger partial charge in [-0.15, -0.1) is 0 Å². The summed E-state index contributed by atoms with van der Waals surface area (Å²) in [5.74, 6) is 0.361. The maximum Gasteiger partial charge on any atom is 0.421 e. The second kappa shape index (κ2) is 8.83. The Morgan fingerprint density at radius 2 is 1.77 bits per heavy atom. The van der Waals surface area contributed by atoms with E-state index < -0.39 is 29.6 Å². The van der Waals surface area contributed by atoms with Gasteiger partial charge in [-0.05, 0) is 56.2 Å². The lowest BCUT2D eigenvalue weighted by molar-refractivity contribution is -0.138. The number of ether oxygens (including phenoxy) is 1. The van der Waals surface area contributed by atoms with E-state index in [-0.39, 0.29) is 0 Å². The first-order valence-corrected chi connectivity index (χ1v) is 9.71. The molecule has 0 aliphatic heterocycles. The van der Waals surface area contributed by atoms with Gasteiger partial charge in [0, 0.05) is 29.7 Å². The summed E-state index contributed by atoms with van der Waals surface area (Å²) in [4.78, 5) is 24.9. The number of carbonyl (C=O) groups is 1. The second-order valence-corrected chi connectivity index (χ2v) is 7.31. The van der Waals surface area contributed by atoms with Gasteiger partial charge in [0.15, 0.2) is 5.78 Å². The molecule has 5 nitrogen and oxygen atoms in total. The molecule has 1 aromatic carbocycles. The van der Waals surface area contributed by atoms with Gasteiger partial charge in [-0.25, -0.2) is 0 Å². The van der Waals surface area contributed by atoms with Crippen LogP contribution in [0.1, 0.15) is 32.9 Å². The van der Waals surface area contributed by atoms with E-state index in [4.69, 9.17) is 4.74 Å². The summed E-state index contributed by atoms with van der Waals surface area (Å²) >= 11 is 0. The maximum atomic E-state index is 13.0. The van der Waals surface area contributed by atoms with Crippen LogP contribution >= 0.6 is 0 Å². The number of ketones is 1. The number of rotatable bonds is 7. The van der Waals surface area contributed by atoms with Gasteiger partial charge in [0.2, 0.25) is 0 Å². The number of pyridine rings is 1. The Bertz CT molecular complexity index is 1140. The number of Topliss-reactive ketones (excluding diaryl/α,β-unsaturated/α-hetero) is 1. The van der Waals surface area contributed by atoms with E-state index in [1.165, 1.54) is 6.20 Å². The Hall–Kier alpha value is -3.29. The van der Waals surface area contributed by atoms with Crippen molar-refractivity contribution in [1.82, 2.24) is 9.13 Å². The van der Waals surface area contributed by atoms with Crippen LogP contribution in [-0.4, -0.2) is 22.0 Å². The lowest BCUT2D eigenvalue weighted by Crippen LogP contribution is -2.30. The van der Waals surface area contributed by atoms with Crippen molar-refractivity contribution < 1.29 is 22.7 Å². The molecule has 0 atom stereocenters. The van der Waals surface area contributed by atoms with Crippen LogP contribution in [0.5, 0.6) is 5.75 Å². The molecule has 0 N–H and O–H groups in total. The lowest BCUT2D eigenvalue weighted by atomic mass is 10.1. The fourth-order valence-corrected chi connectivity index (χ4v) is 3.58. The number of aromatic nitrogens is 2. The summed E-state index contributed by atoms with van der Waals surface area (Å²) in [6.07, 6.45) is -2.83. The first-order valence-electron chi connectivity index (χ1n) is 9.71. The average molecular weight is 432 g/mol. The first kappa shape index (κ1) is 22.4. The molecule has 3 rings (SSSR count). The minimum absolute atomic E-state index is 0.400. The zero-order chi connectivity index (χ0) is 22.8. The van der Waals surface area contributed by atoms with Crippen LogP contribution in [-0.2, 0) is 25.7 Å². The van der Waals surface area contributed by atoms with Crippen molar-refractivity contribution in [2.75, 3.05) is 7.11 Å². The maximum absolute atomic E-state index is 13.0. The largest absolute Gasteiger partial charge is 0.497 e. The van der Waals surface area contributed by atoms with E-state index in [1.807, 2.05) is 35.8 Å². The van der Waals surface area contributed by atoms with Crippen LogP contribution in [0.25, 0.3) is 0 Å². The average Bonchev–Trinajstić information content (AvgIpc) is 3.01. The highest BCUT2D eigenvalue weighted by molar-refractivity contribution is 5.97. The molecule has 0 aliphatic rings. The number of benzene rings is 1. The van der Waals surface area contributed by atoms with Gasteiger partial charge in [-0.1, -0.05) is 12.1 Å². The fourth-order valence-electron chi connectivity index (χ4n) is 3.58. The van der Waals surface area contributed by atoms with Crippen LogP contribution in [0.3, 0.4) is 0 Å². The number of hydrogen-bond acceptors (Lipinski definition) is 3. The summed E-state index contributed by atoms with van der Waals surface area (Å²) in [5, 5.41) is 0. The van der Waals surface area contributed by atoms with Crippen LogP contribution in [0.15, 0.2) is 53.5 Å². The van der Waals surface area contributed by atoms with E-state index in [1.54, 1.807) is 20.1 Å². The van der Waals surface area contributed by atoms with E-state index in [0.29, 0.717) is 18.2 Å². The van der Waals surface area contributed by atoms with Gasteiger partial charge in [-0.3, -0.25) is 9.59 Å². The van der Waals surface area contributed by atoms with Crippen molar-refractivity contribution >= 4 is 5.78 Å². The molecule has 8 heteroatoms. The Morgan fingerprint density at radius 3 is 2.39 bits per heavy atom. The quantitative estimate of drug-likeness (QED) is 0.520. The predicted molar refractivity (Wildman–Crippen MR) is 111 cm³/mol. The standard InChI is InChI=1S/C23H23F3N2O3/c1-15-13-19(16(2)28(15)12-10-17-6-8-18(31-3)9-7-17)21(29)14-27-11-4-5-20(22(27)30)23(24,25)26/h4-9,11,13H,10,12,14H2,1-3H3. The molecular formula is C23H23F3N2O3. The number of halogens is 3. The summed E-state index contributed by atoms with van der Waals surface area (Å²) in [6.45, 7) is 3.85. The molecule has 0 saturated carbocycles. The third kappa shape index (κ3) is 4.90. The second-order valence-electron chi connectivity index (χ2n) is 7.31. The highest BCUT2D eigenvalue weighted by Gasteiger charge is 2.34. The third-order valence-electron chi connectivity index (χ3n) is 5.30. The molecule has 0 fully saturated rings. The highest BCUT2D eigenvalue weighted by atomic mass is 19.4. The summed E-state index contributed by atoms with van der Waals surface area (Å²) in [5.41, 5.74) is 0.583. The number of alkyl halides is 3. The number of methoxy groups -OCH3 is 1. The van der Waals surface area contributed by atoms with Crippen molar-refractivity contribution in [2.24, 2.45) is 0 Å². The summed E-state index contributed by atoms with van der Waals surface area (Å²) in [7, 11) is 1.60. The molecule has 164 valence electrons. The molecule has 0 unspecified atom stereocenters. The minimum atomic E-state index is -4.76. The van der Waals surface area contributed by atoms with Gasteiger partial charge in [0.25, 0.3) is 5.56 Å². The number of hydrogen-bond donors (Lipinski definition) is 0. The molecule has 31 heavy (non-hydrogen) atoms. The molecule has 0 aliphatic carbocycles. The van der Waals surface area contributed by atoms with Gasteiger partial charge in [-0.2, -0.15) is 13.2 Å². The lowest BCUT2D eigenvalue weighted by Gasteiger charge is -2.11. The Labute approximate surface area is 177 Å². The predicted octanol–water partition coefficient (Wildman–Crippen LogP) is 4.42. The SMILES string of the molecule is COc1ccc(CCn2c(C)cc(C(=O)Cn3cccc(C(F)(F)F)c3=O)c2C)cc1. The monoisotopic (exact) mass is 432 g/mol. The Kier molecular flexibility index (Phi) is 6.38. The highest BCUT2D eigenvalue weighted by Crippen LogP contribution is 2.26. The summed E-state index contributed by atoms with van der Waals surface area (Å²) < 4.78 is 46.9. The Morgan fingerprint density at radius 1 is 1.10 bits per heavy atom. The van der Waals surface area contributed by atoms with Gasteiger partial charge in [0.1, 0.15) is 11.3 Å². The van der Waals surface area contributed by atoms with Crippen LogP contribution < -0.4 is 10.3 Å². The van der Waals surface area contributed by atoms with Gasteiger partial charge < -0.3 is 13.9 Å². The fraction of sp³-hybridized carbons (Fsp3) is 0.304. The van der Waals surface area contributed by atoms with Crippen molar-refractivity contribution in [1.29, 1.82) is 0 Å². The number of aryl methyl sites for hydroxylation is 2. The summed E-state index contributed by atoms with van der Waals surface area (Å²) in [6, 6.07) is 11.3. The Balaban J connectivity index is 1.78. The molecule has 3 aromatic rings. The minimum Gasteiger partial charge on any atom is -0.497 e. The molecule has 2 aromatic heterocycles. The van der Waals surface area contributed by atoms with Gasteiger partial charge >= 0.3 is 6.18 Å². The van der Waals surface area contributed by atoms with Crippen LogP contribution in [0.4, 0.5) is 13.2 Å². The van der Waals surface area contributed by atoms with E-state index in [9.17, 15) is 22.8 Å². The van der Waals surface area contributed by atoms with Crippen molar-refractivity contribution in [3.8, 4) is 5.75 Å². The molecule has 0 radical (unpaired) electrons. The smallest absolute Gasteiger partial charge is 0.421 e. The molecule has 0 spiro atoms. The van der Waals surface area contributed by atoms with E-state index in [0.717, 1.165) is 39.8 Å². The van der Waals surface area contributed by atoms with Crippen LogP contribution in [0, 0.1) is 13.8 Å². The first-order chi connectivity index (χ1) is 14.6. The van der Waals surface area contributed by atoms with Crippen molar-refractivity contribution in [3.63, 3.8) is 0 Å². The topological polar surface area (TPSA) is 53.2 Å². The van der Waals surface area contributed by atoms with Gasteiger partial charge in [0.05, 0.1) is 13.7 Å². The molecule has 0 amide bonds. The van der Waals surface area contributed by atoms with E-state index in [2.05, 4.69) is 0 Å². The molecule has 0 bridgehead atoms. The zero-order valence-corrected chi connectivity index (χ0v) is 17.5. The number of carbonyl (C=O) groups excluding carboxylic acids is 1. The van der Waals surface area contributed by atoms with Crippen molar-refractivity contribution in [2.45, 2.75) is 39.5 Å². The molecular weight excluding hydrogens is 409 g/mol. The molecule has 0 saturated heterocycles. The van der Waals surface area contributed by atoms with Crippen molar-refractivity contribution in [3.05, 3.63) is 87.1 Å². The zero-order valence-electron chi connectivity index (χ0n) is 17.5. The number of nitrogens with zero attached hydrogens (tertiary/aromatic N) is 2. The third-order valence-corrected chi connectivity index (χ3v) is 5.30. The van der Waals surface area contributed by atoms with E-state index >= 15 is 0 Å².